The van der Waals surface area contributed by atoms with E-state index in [1.165, 1.54) is 17.7 Å². The van der Waals surface area contributed by atoms with Gasteiger partial charge in [-0.2, -0.15) is 11.8 Å². The highest BCUT2D eigenvalue weighted by atomic mass is 32.2. The van der Waals surface area contributed by atoms with Gasteiger partial charge >= 0.3 is 0 Å². The number of guanidine groups is 1. The summed E-state index contributed by atoms with van der Waals surface area (Å²) in [6.07, 6.45) is 4.51. The summed E-state index contributed by atoms with van der Waals surface area (Å²) in [5.74, 6) is 2.10. The quantitative estimate of drug-likeness (QED) is 0.373. The smallest absolute Gasteiger partial charge is 0.191 e. The van der Waals surface area contributed by atoms with Gasteiger partial charge in [-0.1, -0.05) is 30.3 Å². The Labute approximate surface area is 139 Å². The first kappa shape index (κ1) is 18.8. The van der Waals surface area contributed by atoms with Crippen LogP contribution in [0.25, 0.3) is 0 Å². The summed E-state index contributed by atoms with van der Waals surface area (Å²) < 4.78 is 5.66. The summed E-state index contributed by atoms with van der Waals surface area (Å²) in [4.78, 5) is 4.57. The number of rotatable bonds is 11. The van der Waals surface area contributed by atoms with Crippen LogP contribution in [0.3, 0.4) is 0 Å². The lowest BCUT2D eigenvalue weighted by Gasteiger charge is -2.11. The molecule has 0 fully saturated rings. The molecule has 4 nitrogen and oxygen atoms in total. The Morgan fingerprint density at radius 3 is 2.73 bits per heavy atom. The molecule has 0 radical (unpaired) electrons. The second-order valence-corrected chi connectivity index (χ2v) is 5.91. The molecule has 1 aromatic rings. The number of hydrogen-bond acceptors (Lipinski definition) is 3. The molecule has 0 amide bonds. The molecule has 0 spiro atoms. The summed E-state index contributed by atoms with van der Waals surface area (Å²) in [5, 5.41) is 6.57. The van der Waals surface area contributed by atoms with Gasteiger partial charge in [-0.15, -0.1) is 0 Å². The van der Waals surface area contributed by atoms with Gasteiger partial charge in [-0.05, 0) is 37.3 Å². The minimum absolute atomic E-state index is 0.658. The van der Waals surface area contributed by atoms with Crippen LogP contribution in [-0.2, 0) is 11.3 Å². The summed E-state index contributed by atoms with van der Waals surface area (Å²) in [6.45, 7) is 5.93. The van der Waals surface area contributed by atoms with Crippen LogP contribution in [-0.4, -0.2) is 44.2 Å². The van der Waals surface area contributed by atoms with Gasteiger partial charge in [-0.3, -0.25) is 4.99 Å². The van der Waals surface area contributed by atoms with Crippen molar-refractivity contribution in [1.29, 1.82) is 0 Å². The number of nitrogens with zero attached hydrogens (tertiary/aromatic N) is 1. The third-order valence-corrected chi connectivity index (χ3v) is 3.72. The minimum Gasteiger partial charge on any atom is -0.375 e. The van der Waals surface area contributed by atoms with Gasteiger partial charge in [0.15, 0.2) is 5.96 Å². The van der Waals surface area contributed by atoms with Crippen molar-refractivity contribution in [3.8, 4) is 0 Å². The minimum atomic E-state index is 0.658. The van der Waals surface area contributed by atoms with E-state index >= 15 is 0 Å². The summed E-state index contributed by atoms with van der Waals surface area (Å²) in [5.41, 5.74) is 1.21. The largest absolute Gasteiger partial charge is 0.375 e. The summed E-state index contributed by atoms with van der Waals surface area (Å²) in [6, 6.07) is 10.2. The highest BCUT2D eigenvalue weighted by Crippen LogP contribution is 2.00. The summed E-state index contributed by atoms with van der Waals surface area (Å²) in [7, 11) is 0. The van der Waals surface area contributed by atoms with Crippen LogP contribution in [0.4, 0.5) is 0 Å². The molecule has 0 bridgehead atoms. The summed E-state index contributed by atoms with van der Waals surface area (Å²) >= 11 is 1.89. The first-order valence-corrected chi connectivity index (χ1v) is 9.39. The van der Waals surface area contributed by atoms with Crippen LogP contribution in [0.2, 0.25) is 0 Å². The van der Waals surface area contributed by atoms with Crippen molar-refractivity contribution in [2.24, 2.45) is 4.99 Å². The van der Waals surface area contributed by atoms with Gasteiger partial charge in [0, 0.05) is 19.6 Å². The van der Waals surface area contributed by atoms with Crippen LogP contribution in [0, 0.1) is 0 Å². The number of ether oxygens (including phenoxy) is 1. The third-order valence-electron chi connectivity index (χ3n) is 3.02. The average molecular weight is 324 g/mol. The standard InChI is InChI=1S/C17H29N3OS/c1-3-18-17(19-11-7-8-14-22-2)20-12-13-21-15-16-9-5-4-6-10-16/h4-6,9-10H,3,7-8,11-15H2,1-2H3,(H2,18,19,20). The molecule has 1 aromatic carbocycles. The van der Waals surface area contributed by atoms with Crippen LogP contribution in [0.15, 0.2) is 35.3 Å². The third kappa shape index (κ3) is 9.68. The van der Waals surface area contributed by atoms with Crippen LogP contribution in [0.5, 0.6) is 0 Å². The molecule has 0 heterocycles. The zero-order valence-electron chi connectivity index (χ0n) is 13.8. The maximum Gasteiger partial charge on any atom is 0.191 e. The predicted molar refractivity (Wildman–Crippen MR) is 97.7 cm³/mol. The maximum atomic E-state index is 5.66. The molecule has 5 heteroatoms. The number of aliphatic imine (C=N–C) groups is 1. The highest BCUT2D eigenvalue weighted by Gasteiger charge is 1.97. The normalized spacial score (nSPS) is 11.5. The van der Waals surface area contributed by atoms with Crippen LogP contribution >= 0.6 is 11.8 Å². The SMILES string of the molecule is CCNC(=NCCCCSC)NCCOCc1ccccc1. The zero-order chi connectivity index (χ0) is 15.9. The molecule has 2 N–H and O–H groups in total. The molecule has 0 unspecified atom stereocenters. The predicted octanol–water partition coefficient (Wildman–Crippen LogP) is 2.90. The van der Waals surface area contributed by atoms with E-state index in [0.29, 0.717) is 13.2 Å². The molecule has 124 valence electrons. The molecule has 22 heavy (non-hydrogen) atoms. The molecule has 0 atom stereocenters. The second-order valence-electron chi connectivity index (χ2n) is 4.93. The van der Waals surface area contributed by atoms with Gasteiger partial charge in [0.1, 0.15) is 0 Å². The number of unbranched alkanes of at least 4 members (excludes halogenated alkanes) is 1. The molecule has 0 aromatic heterocycles. The van der Waals surface area contributed by atoms with Crippen molar-refractivity contribution in [3.63, 3.8) is 0 Å². The van der Waals surface area contributed by atoms with Gasteiger partial charge in [0.25, 0.3) is 0 Å². The van der Waals surface area contributed by atoms with Crippen molar-refractivity contribution < 1.29 is 4.74 Å². The molecule has 0 aliphatic carbocycles. The van der Waals surface area contributed by atoms with Crippen molar-refractivity contribution in [2.45, 2.75) is 26.4 Å². The Bertz CT molecular complexity index is 398. The van der Waals surface area contributed by atoms with E-state index in [1.807, 2.05) is 30.0 Å². The number of nitrogens with one attached hydrogen (secondary N) is 2. The van der Waals surface area contributed by atoms with E-state index in [-0.39, 0.29) is 0 Å². The van der Waals surface area contributed by atoms with Crippen molar-refractivity contribution in [2.75, 3.05) is 38.2 Å². The van der Waals surface area contributed by atoms with Gasteiger partial charge in [-0.25, -0.2) is 0 Å². The van der Waals surface area contributed by atoms with E-state index < -0.39 is 0 Å². The van der Waals surface area contributed by atoms with E-state index in [9.17, 15) is 0 Å². The molecule has 0 saturated heterocycles. The number of benzene rings is 1. The lowest BCUT2D eigenvalue weighted by Crippen LogP contribution is -2.39. The Kier molecular flexibility index (Phi) is 11.5. The molecule has 0 aliphatic heterocycles. The Hall–Kier alpha value is -1.20. The molecule has 1 rings (SSSR count). The topological polar surface area (TPSA) is 45.7 Å². The Morgan fingerprint density at radius 2 is 2.00 bits per heavy atom. The van der Waals surface area contributed by atoms with Crippen molar-refractivity contribution >= 4 is 17.7 Å². The van der Waals surface area contributed by atoms with E-state index in [4.69, 9.17) is 4.74 Å². The maximum absolute atomic E-state index is 5.66. The van der Waals surface area contributed by atoms with Gasteiger partial charge in [0.05, 0.1) is 13.2 Å². The fraction of sp³-hybridized carbons (Fsp3) is 0.588. The highest BCUT2D eigenvalue weighted by molar-refractivity contribution is 7.98. The zero-order valence-corrected chi connectivity index (χ0v) is 14.6. The number of thioether (sulfide) groups is 1. The van der Waals surface area contributed by atoms with Crippen LogP contribution < -0.4 is 10.6 Å². The lowest BCUT2D eigenvalue weighted by molar-refractivity contribution is 0.125. The molecular formula is C17H29N3OS. The molecule has 0 aliphatic rings. The van der Waals surface area contributed by atoms with Crippen LogP contribution in [0.1, 0.15) is 25.3 Å². The first-order chi connectivity index (χ1) is 10.9. The van der Waals surface area contributed by atoms with Crippen molar-refractivity contribution in [1.82, 2.24) is 10.6 Å². The van der Waals surface area contributed by atoms with Crippen molar-refractivity contribution in [3.05, 3.63) is 35.9 Å². The van der Waals surface area contributed by atoms with E-state index in [0.717, 1.165) is 32.0 Å². The van der Waals surface area contributed by atoms with Gasteiger partial charge < -0.3 is 15.4 Å². The lowest BCUT2D eigenvalue weighted by atomic mass is 10.2. The Balaban J connectivity index is 2.13. The second kappa shape index (κ2) is 13.5. The fourth-order valence-corrected chi connectivity index (χ4v) is 2.39. The van der Waals surface area contributed by atoms with E-state index in [2.05, 4.69) is 40.9 Å². The average Bonchev–Trinajstić information content (AvgIpc) is 2.55. The first-order valence-electron chi connectivity index (χ1n) is 7.99. The monoisotopic (exact) mass is 323 g/mol. The Morgan fingerprint density at radius 1 is 1.18 bits per heavy atom. The number of hydrogen-bond donors (Lipinski definition) is 2. The molecule has 0 saturated carbocycles. The van der Waals surface area contributed by atoms with Gasteiger partial charge in [0.2, 0.25) is 0 Å². The molecular weight excluding hydrogens is 294 g/mol. The fourth-order valence-electron chi connectivity index (χ4n) is 1.90. The van der Waals surface area contributed by atoms with E-state index in [1.54, 1.807) is 0 Å².